The predicted molar refractivity (Wildman–Crippen MR) is 79.5 cm³/mol. The van der Waals surface area contributed by atoms with Gasteiger partial charge >= 0.3 is 6.09 Å². The molecule has 7 nitrogen and oxygen atoms in total. The monoisotopic (exact) mass is 311 g/mol. The van der Waals surface area contributed by atoms with Crippen LogP contribution in [0.15, 0.2) is 0 Å². The molecule has 0 bridgehead atoms. The Hall–Kier alpha value is -1.79. The minimum Gasteiger partial charge on any atom is -0.443 e. The third-order valence-corrected chi connectivity index (χ3v) is 3.82. The maximum Gasteiger partial charge on any atom is 0.426 e. The minimum atomic E-state index is -0.687. The summed E-state index contributed by atoms with van der Waals surface area (Å²) in [5.74, 6) is -0.257. The highest BCUT2D eigenvalue weighted by molar-refractivity contribution is 5.90. The van der Waals surface area contributed by atoms with Crippen molar-refractivity contribution in [2.24, 2.45) is 11.8 Å². The Labute approximate surface area is 130 Å². The Bertz CT molecular complexity index is 468. The van der Waals surface area contributed by atoms with Crippen molar-refractivity contribution >= 4 is 17.9 Å². The van der Waals surface area contributed by atoms with Crippen molar-refractivity contribution in [2.75, 3.05) is 6.54 Å². The Morgan fingerprint density at radius 2 is 1.95 bits per heavy atom. The van der Waals surface area contributed by atoms with Gasteiger partial charge in [0, 0.05) is 12.5 Å². The van der Waals surface area contributed by atoms with E-state index in [9.17, 15) is 14.4 Å². The smallest absolute Gasteiger partial charge is 0.426 e. The van der Waals surface area contributed by atoms with Crippen LogP contribution in [0.1, 0.15) is 47.0 Å². The van der Waals surface area contributed by atoms with Crippen LogP contribution in [0.2, 0.25) is 0 Å². The number of hydrogen-bond acceptors (Lipinski definition) is 4. The highest BCUT2D eigenvalue weighted by atomic mass is 16.6. The summed E-state index contributed by atoms with van der Waals surface area (Å²) in [6, 6.07) is 0.149. The number of carbonyl (C=O) groups excluding carboxylic acids is 3. The molecule has 0 radical (unpaired) electrons. The molecule has 2 aliphatic rings. The molecule has 2 fully saturated rings. The van der Waals surface area contributed by atoms with E-state index in [1.54, 1.807) is 20.8 Å². The number of nitrogens with one attached hydrogen (secondary N) is 2. The maximum atomic E-state index is 12.2. The van der Waals surface area contributed by atoms with Gasteiger partial charge in [-0.25, -0.2) is 10.2 Å². The summed E-state index contributed by atoms with van der Waals surface area (Å²) in [5, 5.41) is 4.12. The molecule has 124 valence electrons. The molecule has 1 aliphatic carbocycles. The molecule has 3 amide bonds. The minimum absolute atomic E-state index is 0.110. The second-order valence-electron chi connectivity index (χ2n) is 7.15. The van der Waals surface area contributed by atoms with Crippen molar-refractivity contribution < 1.29 is 19.1 Å². The zero-order valence-corrected chi connectivity index (χ0v) is 13.6. The second kappa shape index (κ2) is 6.14. The fourth-order valence-corrected chi connectivity index (χ4v) is 2.46. The van der Waals surface area contributed by atoms with E-state index >= 15 is 0 Å². The zero-order valence-electron chi connectivity index (χ0n) is 13.6. The molecule has 1 heterocycles. The normalized spacial score (nSPS) is 23.2. The molecule has 1 saturated carbocycles. The van der Waals surface area contributed by atoms with Crippen LogP contribution in [-0.4, -0.2) is 41.1 Å². The van der Waals surface area contributed by atoms with E-state index in [0.717, 1.165) is 12.8 Å². The van der Waals surface area contributed by atoms with Crippen LogP contribution in [0, 0.1) is 11.8 Å². The summed E-state index contributed by atoms with van der Waals surface area (Å²) < 4.78 is 5.10. The van der Waals surface area contributed by atoms with Gasteiger partial charge in [0.05, 0.1) is 12.5 Å². The summed E-state index contributed by atoms with van der Waals surface area (Å²) in [7, 11) is 0. The molecule has 2 N–H and O–H groups in total. The summed E-state index contributed by atoms with van der Waals surface area (Å²) in [6.45, 7) is 7.40. The molecule has 7 heteroatoms. The molecule has 0 spiro atoms. The van der Waals surface area contributed by atoms with Gasteiger partial charge in [-0.05, 0) is 46.5 Å². The molecular weight excluding hydrogens is 286 g/mol. The quantitative estimate of drug-likeness (QED) is 0.816. The Balaban J connectivity index is 1.82. The van der Waals surface area contributed by atoms with Crippen molar-refractivity contribution in [3.63, 3.8) is 0 Å². The number of rotatable bonds is 4. The standard InChI is InChI=1S/C15H25N3O4/c1-9(10-5-6-10)16-13(20)11-7-12(19)18(8-11)17-14(21)22-15(2,3)4/h9-11H,5-8H2,1-4H3,(H,16,20)(H,17,21)/t9-,11+/m1/s1. The maximum absolute atomic E-state index is 12.2. The summed E-state index contributed by atoms with van der Waals surface area (Å²) in [5.41, 5.74) is 1.77. The van der Waals surface area contributed by atoms with Crippen molar-refractivity contribution in [2.45, 2.75) is 58.6 Å². The number of ether oxygens (including phenoxy) is 1. The van der Waals surface area contributed by atoms with Gasteiger partial charge in [0.25, 0.3) is 0 Å². The highest BCUT2D eigenvalue weighted by Crippen LogP contribution is 2.32. The molecule has 0 aromatic heterocycles. The van der Waals surface area contributed by atoms with Gasteiger partial charge in [-0.1, -0.05) is 0 Å². The summed E-state index contributed by atoms with van der Waals surface area (Å²) in [6.07, 6.45) is 1.72. The molecule has 2 rings (SSSR count). The third kappa shape index (κ3) is 4.61. The third-order valence-electron chi connectivity index (χ3n) is 3.82. The highest BCUT2D eigenvalue weighted by Gasteiger charge is 2.38. The molecular formula is C15H25N3O4. The van der Waals surface area contributed by atoms with E-state index < -0.39 is 17.6 Å². The molecule has 0 unspecified atom stereocenters. The number of hydrazine groups is 1. The van der Waals surface area contributed by atoms with Gasteiger partial charge in [0.1, 0.15) is 5.60 Å². The lowest BCUT2D eigenvalue weighted by Gasteiger charge is -2.23. The van der Waals surface area contributed by atoms with Crippen molar-refractivity contribution in [3.8, 4) is 0 Å². The second-order valence-corrected chi connectivity index (χ2v) is 7.15. The molecule has 1 saturated heterocycles. The van der Waals surface area contributed by atoms with Crippen molar-refractivity contribution in [1.82, 2.24) is 15.8 Å². The van der Waals surface area contributed by atoms with Gasteiger partial charge in [0.2, 0.25) is 11.8 Å². The van der Waals surface area contributed by atoms with Crippen LogP contribution in [-0.2, 0) is 14.3 Å². The fraction of sp³-hybridized carbons (Fsp3) is 0.800. The fourth-order valence-electron chi connectivity index (χ4n) is 2.46. The van der Waals surface area contributed by atoms with Crippen LogP contribution in [0.3, 0.4) is 0 Å². The first-order valence-corrected chi connectivity index (χ1v) is 7.76. The van der Waals surface area contributed by atoms with Crippen LogP contribution in [0.25, 0.3) is 0 Å². The molecule has 2 atom stereocenters. The first-order chi connectivity index (χ1) is 10.2. The average Bonchev–Trinajstić information content (AvgIpc) is 3.13. The number of nitrogens with zero attached hydrogens (tertiary/aromatic N) is 1. The van der Waals surface area contributed by atoms with Crippen LogP contribution in [0.4, 0.5) is 4.79 Å². The van der Waals surface area contributed by atoms with Crippen LogP contribution in [0.5, 0.6) is 0 Å². The van der Waals surface area contributed by atoms with Gasteiger partial charge in [-0.15, -0.1) is 0 Å². The van der Waals surface area contributed by atoms with Gasteiger partial charge < -0.3 is 10.1 Å². The number of carbonyl (C=O) groups is 3. The lowest BCUT2D eigenvalue weighted by Crippen LogP contribution is -2.46. The Kier molecular flexibility index (Phi) is 4.63. The Morgan fingerprint density at radius 3 is 2.50 bits per heavy atom. The average molecular weight is 311 g/mol. The van der Waals surface area contributed by atoms with E-state index in [-0.39, 0.29) is 30.8 Å². The first-order valence-electron chi connectivity index (χ1n) is 7.76. The largest absolute Gasteiger partial charge is 0.443 e. The van der Waals surface area contributed by atoms with Gasteiger partial charge in [-0.2, -0.15) is 0 Å². The van der Waals surface area contributed by atoms with E-state index in [1.807, 2.05) is 6.92 Å². The molecule has 0 aromatic carbocycles. The van der Waals surface area contributed by atoms with Crippen LogP contribution >= 0.6 is 0 Å². The molecule has 0 aromatic rings. The number of hydrogen-bond donors (Lipinski definition) is 2. The van der Waals surface area contributed by atoms with Gasteiger partial charge in [0.15, 0.2) is 0 Å². The molecule has 1 aliphatic heterocycles. The van der Waals surface area contributed by atoms with E-state index in [2.05, 4.69) is 10.7 Å². The lowest BCUT2D eigenvalue weighted by atomic mass is 10.1. The summed E-state index contributed by atoms with van der Waals surface area (Å²) >= 11 is 0. The zero-order chi connectivity index (χ0) is 16.5. The predicted octanol–water partition coefficient (Wildman–Crippen LogP) is 1.19. The van der Waals surface area contributed by atoms with Crippen molar-refractivity contribution in [1.29, 1.82) is 0 Å². The van der Waals surface area contributed by atoms with Crippen molar-refractivity contribution in [3.05, 3.63) is 0 Å². The Morgan fingerprint density at radius 1 is 1.32 bits per heavy atom. The first kappa shape index (κ1) is 16.6. The lowest BCUT2D eigenvalue weighted by molar-refractivity contribution is -0.131. The number of amides is 3. The van der Waals surface area contributed by atoms with E-state index in [4.69, 9.17) is 4.74 Å². The summed E-state index contributed by atoms with van der Waals surface area (Å²) in [4.78, 5) is 35.7. The molecule has 22 heavy (non-hydrogen) atoms. The topological polar surface area (TPSA) is 87.7 Å². The van der Waals surface area contributed by atoms with Gasteiger partial charge in [-0.3, -0.25) is 14.6 Å². The SMILES string of the molecule is C[C@@H](NC(=O)[C@H]1CC(=O)N(NC(=O)OC(C)(C)C)C1)C1CC1. The van der Waals surface area contributed by atoms with Crippen LogP contribution < -0.4 is 10.7 Å². The van der Waals surface area contributed by atoms with E-state index in [1.165, 1.54) is 5.01 Å². The van der Waals surface area contributed by atoms with E-state index in [0.29, 0.717) is 5.92 Å².